The molecule has 2 aromatic heterocycles. The van der Waals surface area contributed by atoms with Crippen molar-refractivity contribution in [3.05, 3.63) is 41.4 Å². The lowest BCUT2D eigenvalue weighted by Gasteiger charge is -2.27. The van der Waals surface area contributed by atoms with E-state index in [0.29, 0.717) is 33.7 Å². The van der Waals surface area contributed by atoms with Crippen LogP contribution in [0.1, 0.15) is 38.2 Å². The van der Waals surface area contributed by atoms with E-state index < -0.39 is 0 Å². The molecule has 2 N–H and O–H groups in total. The van der Waals surface area contributed by atoms with E-state index in [-0.39, 0.29) is 17.8 Å². The molecule has 0 unspecified atom stereocenters. The Morgan fingerprint density at radius 2 is 2.09 bits per heavy atom. The summed E-state index contributed by atoms with van der Waals surface area (Å²) >= 11 is 1.30. The first kappa shape index (κ1) is 22.9. The molecule has 1 aromatic carbocycles. The van der Waals surface area contributed by atoms with Gasteiger partial charge in [-0.3, -0.25) is 4.79 Å². The second kappa shape index (κ2) is 10.1. The van der Waals surface area contributed by atoms with Crippen LogP contribution >= 0.6 is 11.8 Å². The zero-order valence-corrected chi connectivity index (χ0v) is 19.8. The number of nitrogens with one attached hydrogen (secondary N) is 2. The Morgan fingerprint density at radius 3 is 2.82 bits per heavy atom. The predicted molar refractivity (Wildman–Crippen MR) is 129 cm³/mol. The molecule has 0 atom stereocenters. The van der Waals surface area contributed by atoms with Gasteiger partial charge < -0.3 is 24.6 Å². The number of benzene rings is 1. The molecule has 9 heteroatoms. The monoisotopic (exact) mass is 465 g/mol. The summed E-state index contributed by atoms with van der Waals surface area (Å²) in [7, 11) is 1.62. The number of amides is 1. The molecule has 172 valence electrons. The van der Waals surface area contributed by atoms with Gasteiger partial charge in [0, 0.05) is 17.3 Å². The van der Waals surface area contributed by atoms with E-state index in [9.17, 15) is 4.79 Å². The van der Waals surface area contributed by atoms with E-state index in [1.807, 2.05) is 19.1 Å². The molecule has 2 heterocycles. The summed E-state index contributed by atoms with van der Waals surface area (Å²) in [6.45, 7) is 11.3. The maximum atomic E-state index is 12.6. The highest BCUT2D eigenvalue weighted by atomic mass is 32.2. The minimum Gasteiger partial charge on any atom is -0.493 e. The average molecular weight is 466 g/mol. The Labute approximate surface area is 197 Å². The maximum Gasteiger partial charge on any atom is 0.274 e. The summed E-state index contributed by atoms with van der Waals surface area (Å²) in [5, 5.41) is 3.53. The average Bonchev–Trinajstić information content (AvgIpc) is 3.24. The number of hydrogen-bond acceptors (Lipinski definition) is 6. The van der Waals surface area contributed by atoms with Crippen LogP contribution in [0, 0.1) is 19.4 Å². The molecule has 1 aliphatic rings. The first-order valence-corrected chi connectivity index (χ1v) is 12.0. The highest BCUT2D eigenvalue weighted by molar-refractivity contribution is 7.99. The first-order valence-electron chi connectivity index (χ1n) is 11.0. The number of ether oxygens (including phenoxy) is 2. The lowest BCUT2D eigenvalue weighted by atomic mass is 9.89. The third kappa shape index (κ3) is 5.40. The summed E-state index contributed by atoms with van der Waals surface area (Å²) in [5.74, 6) is 2.43. The molecule has 0 spiro atoms. The zero-order valence-electron chi connectivity index (χ0n) is 19.0. The molecule has 1 aliphatic carbocycles. The van der Waals surface area contributed by atoms with Crippen molar-refractivity contribution in [1.82, 2.24) is 15.0 Å². The number of thioether (sulfide) groups is 1. The van der Waals surface area contributed by atoms with Crippen LogP contribution in [0.5, 0.6) is 11.5 Å². The molecule has 0 aliphatic heterocycles. The van der Waals surface area contributed by atoms with Crippen molar-refractivity contribution in [3.8, 4) is 11.5 Å². The summed E-state index contributed by atoms with van der Waals surface area (Å²) in [6, 6.07) is 5.44. The molecule has 33 heavy (non-hydrogen) atoms. The summed E-state index contributed by atoms with van der Waals surface area (Å²) in [4.78, 5) is 27.8. The molecule has 0 saturated heterocycles. The second-order valence-corrected chi connectivity index (χ2v) is 9.29. The molecule has 0 bridgehead atoms. The van der Waals surface area contributed by atoms with Gasteiger partial charge >= 0.3 is 0 Å². The topological polar surface area (TPSA) is 93.5 Å². The lowest BCUT2D eigenvalue weighted by Crippen LogP contribution is -2.23. The van der Waals surface area contributed by atoms with E-state index in [1.54, 1.807) is 19.4 Å². The quantitative estimate of drug-likeness (QED) is 0.353. The van der Waals surface area contributed by atoms with Gasteiger partial charge in [-0.15, -0.1) is 4.98 Å². The summed E-state index contributed by atoms with van der Waals surface area (Å²) in [5.41, 5.74) is 2.84. The highest BCUT2D eigenvalue weighted by Gasteiger charge is 2.21. The smallest absolute Gasteiger partial charge is 0.274 e. The third-order valence-electron chi connectivity index (χ3n) is 5.87. The number of methoxy groups -OCH3 is 1. The number of imidazole rings is 1. The number of carbonyl (C=O) groups excluding carboxylic acids is 1. The van der Waals surface area contributed by atoms with E-state index in [1.165, 1.54) is 11.8 Å². The van der Waals surface area contributed by atoms with Crippen molar-refractivity contribution in [2.75, 3.05) is 18.2 Å². The van der Waals surface area contributed by atoms with Gasteiger partial charge in [0.05, 0.1) is 24.5 Å². The number of nitrogens with zero attached hydrogens (tertiary/aromatic N) is 3. The van der Waals surface area contributed by atoms with Crippen LogP contribution in [0.15, 0.2) is 29.6 Å². The van der Waals surface area contributed by atoms with E-state index >= 15 is 0 Å². The number of aromatic amines is 1. The van der Waals surface area contributed by atoms with Crippen LogP contribution in [0.25, 0.3) is 15.9 Å². The molecule has 1 fully saturated rings. The maximum absolute atomic E-state index is 12.6. The fraction of sp³-hybridized carbons (Fsp3) is 0.417. The number of pyridine rings is 1. The Kier molecular flexibility index (Phi) is 7.04. The van der Waals surface area contributed by atoms with Gasteiger partial charge in [-0.1, -0.05) is 25.3 Å². The molecule has 1 amide bonds. The number of fused-ring (bicyclic) bond motifs is 1. The highest BCUT2D eigenvalue weighted by Crippen LogP contribution is 2.34. The Hall–Kier alpha value is -3.25. The first-order chi connectivity index (χ1) is 16.0. The Balaban J connectivity index is 1.38. The van der Waals surface area contributed by atoms with Gasteiger partial charge in [-0.05, 0) is 50.7 Å². The molecule has 0 radical (unpaired) electrons. The van der Waals surface area contributed by atoms with Crippen molar-refractivity contribution >= 4 is 40.2 Å². The van der Waals surface area contributed by atoms with Crippen LogP contribution in [0.4, 0.5) is 11.5 Å². The second-order valence-electron chi connectivity index (χ2n) is 8.33. The predicted octanol–water partition coefficient (Wildman–Crippen LogP) is 5.51. The van der Waals surface area contributed by atoms with Gasteiger partial charge in [0.1, 0.15) is 11.7 Å². The standard InChI is InChI=1S/C24H27N5O3S/c1-14-5-8-17(9-6-14)32-20-11-16(7-10-19(20)31-4)27-21(30)13-33-24-28-18-12-26-23(25-3)15(2)22(18)29-24/h7,10-12,14,17H,5-6,8-9,13H2,1-2,4H3,(H,27,30)(H,28,29). The fourth-order valence-electron chi connectivity index (χ4n) is 3.96. The van der Waals surface area contributed by atoms with Gasteiger partial charge in [0.2, 0.25) is 5.91 Å². The number of carbonyl (C=O) groups is 1. The van der Waals surface area contributed by atoms with Gasteiger partial charge in [-0.2, -0.15) is 0 Å². The zero-order chi connectivity index (χ0) is 23.4. The van der Waals surface area contributed by atoms with Gasteiger partial charge in [-0.25, -0.2) is 4.98 Å². The van der Waals surface area contributed by atoms with E-state index in [2.05, 4.69) is 32.0 Å². The molecular weight excluding hydrogens is 438 g/mol. The van der Waals surface area contributed by atoms with Crippen molar-refractivity contribution in [3.63, 3.8) is 0 Å². The number of H-pyrrole nitrogens is 1. The lowest BCUT2D eigenvalue weighted by molar-refractivity contribution is -0.113. The van der Waals surface area contributed by atoms with Crippen LogP contribution in [-0.4, -0.2) is 39.8 Å². The van der Waals surface area contributed by atoms with E-state index in [0.717, 1.165) is 42.7 Å². The Bertz CT molecular complexity index is 1190. The van der Waals surface area contributed by atoms with Gasteiger partial charge in [0.25, 0.3) is 5.82 Å². The molecule has 3 aromatic rings. The fourth-order valence-corrected chi connectivity index (χ4v) is 4.64. The van der Waals surface area contributed by atoms with Crippen molar-refractivity contribution < 1.29 is 14.3 Å². The summed E-state index contributed by atoms with van der Waals surface area (Å²) in [6.07, 6.45) is 6.15. The van der Waals surface area contributed by atoms with Gasteiger partial charge in [0.15, 0.2) is 16.7 Å². The number of rotatable bonds is 7. The van der Waals surface area contributed by atoms with Crippen LogP contribution < -0.4 is 14.8 Å². The molecular formula is C24H27N5O3S. The minimum atomic E-state index is -0.153. The van der Waals surface area contributed by atoms with Crippen LogP contribution in [-0.2, 0) is 4.79 Å². The molecule has 4 rings (SSSR count). The number of anilines is 1. The summed E-state index contributed by atoms with van der Waals surface area (Å²) < 4.78 is 11.7. The normalized spacial score (nSPS) is 18.0. The Morgan fingerprint density at radius 1 is 1.30 bits per heavy atom. The molecule has 8 nitrogen and oxygen atoms in total. The van der Waals surface area contributed by atoms with Crippen LogP contribution in [0.3, 0.4) is 0 Å². The van der Waals surface area contributed by atoms with E-state index in [4.69, 9.17) is 16.0 Å². The largest absolute Gasteiger partial charge is 0.493 e. The minimum absolute atomic E-state index is 0.153. The van der Waals surface area contributed by atoms with Crippen molar-refractivity contribution in [1.29, 1.82) is 0 Å². The number of aromatic nitrogens is 3. The SMILES string of the molecule is [C-]#[N+]c1ncc2[nH]c(SCC(=O)Nc3ccc(OC)c(OC4CCC(C)CC4)c3)nc2c1C. The third-order valence-corrected chi connectivity index (χ3v) is 6.74. The van der Waals surface area contributed by atoms with Crippen LogP contribution in [0.2, 0.25) is 0 Å². The number of aryl methyl sites for hydroxylation is 1. The molecule has 1 saturated carbocycles. The van der Waals surface area contributed by atoms with Crippen molar-refractivity contribution in [2.45, 2.75) is 50.8 Å². The number of hydrogen-bond donors (Lipinski definition) is 2. The van der Waals surface area contributed by atoms with Crippen molar-refractivity contribution in [2.24, 2.45) is 5.92 Å².